The zero-order valence-electron chi connectivity index (χ0n) is 9.78. The third kappa shape index (κ3) is 4.80. The molecular formula is C13H24O2. The van der Waals surface area contributed by atoms with Crippen molar-refractivity contribution in [2.75, 3.05) is 0 Å². The van der Waals surface area contributed by atoms with Crippen LogP contribution in [0.3, 0.4) is 0 Å². The van der Waals surface area contributed by atoms with E-state index in [9.17, 15) is 10.2 Å². The first-order valence-corrected chi connectivity index (χ1v) is 6.10. The number of rotatable bonds is 5. The van der Waals surface area contributed by atoms with Crippen LogP contribution in [0, 0.1) is 5.92 Å². The zero-order chi connectivity index (χ0) is 11.3. The average Bonchev–Trinajstić information content (AvgIpc) is 2.17. The van der Waals surface area contributed by atoms with Gasteiger partial charge < -0.3 is 10.2 Å². The molecule has 1 aliphatic rings. The molecule has 2 atom stereocenters. The highest BCUT2D eigenvalue weighted by Crippen LogP contribution is 2.28. The lowest BCUT2D eigenvalue weighted by Gasteiger charge is -2.28. The predicted octanol–water partition coefficient (Wildman–Crippen LogP) is 2.64. The lowest BCUT2D eigenvalue weighted by atomic mass is 9.83. The molecule has 0 amide bonds. The molecule has 1 rings (SSSR count). The van der Waals surface area contributed by atoms with Crippen LogP contribution in [0.2, 0.25) is 0 Å². The van der Waals surface area contributed by atoms with Crippen LogP contribution in [0.1, 0.15) is 51.9 Å². The number of hydrogen-bond acceptors (Lipinski definition) is 2. The molecule has 0 aromatic rings. The maximum absolute atomic E-state index is 9.97. The number of aliphatic hydroxyl groups excluding tert-OH is 2. The van der Waals surface area contributed by atoms with Crippen LogP contribution in [-0.2, 0) is 0 Å². The van der Waals surface area contributed by atoms with E-state index >= 15 is 0 Å². The van der Waals surface area contributed by atoms with Crippen molar-refractivity contribution in [3.05, 3.63) is 12.2 Å². The number of hydrogen-bond donors (Lipinski definition) is 2. The Kier molecular flexibility index (Phi) is 5.34. The van der Waals surface area contributed by atoms with Crippen molar-refractivity contribution in [1.29, 1.82) is 0 Å². The number of aliphatic hydroxyl groups is 2. The summed E-state index contributed by atoms with van der Waals surface area (Å²) in [5, 5.41) is 19.7. The highest BCUT2D eigenvalue weighted by molar-refractivity contribution is 4.91. The largest absolute Gasteiger partial charge is 0.393 e. The lowest BCUT2D eigenvalue weighted by molar-refractivity contribution is 0.0312. The van der Waals surface area contributed by atoms with Gasteiger partial charge in [-0.3, -0.25) is 0 Å². The summed E-state index contributed by atoms with van der Waals surface area (Å²) in [6, 6.07) is 0. The average molecular weight is 212 g/mol. The Morgan fingerprint density at radius 1 is 1.27 bits per heavy atom. The Morgan fingerprint density at radius 3 is 2.40 bits per heavy atom. The molecule has 2 nitrogen and oxygen atoms in total. The van der Waals surface area contributed by atoms with Gasteiger partial charge in [-0.2, -0.15) is 0 Å². The Bertz CT molecular complexity index is 195. The van der Waals surface area contributed by atoms with Crippen LogP contribution in [-0.4, -0.2) is 22.4 Å². The van der Waals surface area contributed by atoms with Gasteiger partial charge in [0.05, 0.1) is 12.2 Å². The van der Waals surface area contributed by atoms with Crippen molar-refractivity contribution >= 4 is 0 Å². The van der Waals surface area contributed by atoms with Gasteiger partial charge in [0.15, 0.2) is 0 Å². The first-order chi connectivity index (χ1) is 7.09. The van der Waals surface area contributed by atoms with Crippen LogP contribution in [0.15, 0.2) is 12.2 Å². The summed E-state index contributed by atoms with van der Waals surface area (Å²) < 4.78 is 0. The lowest BCUT2D eigenvalue weighted by Crippen LogP contribution is -2.27. The molecule has 88 valence electrons. The normalized spacial score (nSPS) is 22.3. The minimum atomic E-state index is -0.417. The van der Waals surface area contributed by atoms with Gasteiger partial charge in [0, 0.05) is 0 Å². The van der Waals surface area contributed by atoms with Gasteiger partial charge in [-0.05, 0) is 38.5 Å². The summed E-state index contributed by atoms with van der Waals surface area (Å²) in [6.07, 6.45) is 6.41. The third-order valence-corrected chi connectivity index (χ3v) is 3.29. The SMILES string of the molecule is C=C(C)C[C@@H](O)C[C@H](O)C1CCCCC1. The van der Waals surface area contributed by atoms with Crippen LogP contribution >= 0.6 is 0 Å². The van der Waals surface area contributed by atoms with Gasteiger partial charge in [0.2, 0.25) is 0 Å². The van der Waals surface area contributed by atoms with Gasteiger partial charge >= 0.3 is 0 Å². The van der Waals surface area contributed by atoms with Crippen LogP contribution in [0.25, 0.3) is 0 Å². The highest BCUT2D eigenvalue weighted by atomic mass is 16.3. The van der Waals surface area contributed by atoms with Crippen molar-refractivity contribution in [3.8, 4) is 0 Å². The van der Waals surface area contributed by atoms with Crippen LogP contribution < -0.4 is 0 Å². The molecule has 15 heavy (non-hydrogen) atoms. The minimum Gasteiger partial charge on any atom is -0.393 e. The molecule has 2 heteroatoms. The van der Waals surface area contributed by atoms with Crippen molar-refractivity contribution in [3.63, 3.8) is 0 Å². The van der Waals surface area contributed by atoms with Crippen LogP contribution in [0.5, 0.6) is 0 Å². The van der Waals surface area contributed by atoms with Gasteiger partial charge in [-0.15, -0.1) is 6.58 Å². The summed E-state index contributed by atoms with van der Waals surface area (Å²) in [5.41, 5.74) is 0.985. The fourth-order valence-corrected chi connectivity index (χ4v) is 2.48. The fraction of sp³-hybridized carbons (Fsp3) is 0.846. The van der Waals surface area contributed by atoms with Crippen molar-refractivity contribution in [2.45, 2.75) is 64.1 Å². The molecule has 0 unspecified atom stereocenters. The first kappa shape index (κ1) is 12.7. The van der Waals surface area contributed by atoms with Crippen molar-refractivity contribution in [1.82, 2.24) is 0 Å². The van der Waals surface area contributed by atoms with Gasteiger partial charge in [0.1, 0.15) is 0 Å². The van der Waals surface area contributed by atoms with E-state index in [1.54, 1.807) is 0 Å². The Labute approximate surface area is 93.0 Å². The monoisotopic (exact) mass is 212 g/mol. The first-order valence-electron chi connectivity index (χ1n) is 6.10. The van der Waals surface area contributed by atoms with Crippen molar-refractivity contribution in [2.24, 2.45) is 5.92 Å². The summed E-state index contributed by atoms with van der Waals surface area (Å²) in [7, 11) is 0. The molecule has 0 spiro atoms. The standard InChI is InChI=1S/C13H24O2/c1-10(2)8-12(14)9-13(15)11-6-4-3-5-7-11/h11-15H,1,3-9H2,2H3/t12-,13+/m1/s1. The zero-order valence-corrected chi connectivity index (χ0v) is 9.78. The summed E-state index contributed by atoms with van der Waals surface area (Å²) >= 11 is 0. The molecule has 1 aliphatic carbocycles. The van der Waals surface area contributed by atoms with E-state index in [0.29, 0.717) is 18.8 Å². The molecule has 0 aliphatic heterocycles. The van der Waals surface area contributed by atoms with E-state index in [4.69, 9.17) is 0 Å². The minimum absolute atomic E-state index is 0.320. The smallest absolute Gasteiger partial charge is 0.0601 e. The van der Waals surface area contributed by atoms with Crippen LogP contribution in [0.4, 0.5) is 0 Å². The second kappa shape index (κ2) is 6.29. The van der Waals surface area contributed by atoms with E-state index in [1.807, 2.05) is 6.92 Å². The van der Waals surface area contributed by atoms with E-state index in [1.165, 1.54) is 19.3 Å². The topological polar surface area (TPSA) is 40.5 Å². The molecule has 0 saturated heterocycles. The van der Waals surface area contributed by atoms with E-state index in [0.717, 1.165) is 18.4 Å². The molecule has 1 fully saturated rings. The quantitative estimate of drug-likeness (QED) is 0.688. The van der Waals surface area contributed by atoms with Gasteiger partial charge in [-0.1, -0.05) is 24.8 Å². The van der Waals surface area contributed by atoms with Gasteiger partial charge in [-0.25, -0.2) is 0 Å². The molecule has 0 radical (unpaired) electrons. The second-order valence-electron chi connectivity index (χ2n) is 5.02. The fourth-order valence-electron chi connectivity index (χ4n) is 2.48. The molecule has 1 saturated carbocycles. The molecule has 0 heterocycles. The second-order valence-corrected chi connectivity index (χ2v) is 5.02. The molecule has 0 aromatic carbocycles. The maximum Gasteiger partial charge on any atom is 0.0601 e. The van der Waals surface area contributed by atoms with Crippen molar-refractivity contribution < 1.29 is 10.2 Å². The summed E-state index contributed by atoms with van der Waals surface area (Å²) in [5.74, 6) is 0.415. The van der Waals surface area contributed by atoms with Gasteiger partial charge in [0.25, 0.3) is 0 Å². The Hall–Kier alpha value is -0.340. The molecule has 0 bridgehead atoms. The maximum atomic E-state index is 9.97. The van der Waals surface area contributed by atoms with E-state index < -0.39 is 6.10 Å². The third-order valence-electron chi connectivity index (χ3n) is 3.29. The van der Waals surface area contributed by atoms with E-state index in [-0.39, 0.29) is 6.10 Å². The Morgan fingerprint density at radius 2 is 1.87 bits per heavy atom. The highest BCUT2D eigenvalue weighted by Gasteiger charge is 2.23. The molecule has 0 aromatic heterocycles. The summed E-state index contributed by atoms with van der Waals surface area (Å²) in [4.78, 5) is 0. The molecular weight excluding hydrogens is 188 g/mol. The predicted molar refractivity (Wildman–Crippen MR) is 62.6 cm³/mol. The summed E-state index contributed by atoms with van der Waals surface area (Å²) in [6.45, 7) is 5.69. The Balaban J connectivity index is 2.26. The van der Waals surface area contributed by atoms with E-state index in [2.05, 4.69) is 6.58 Å². The molecule has 2 N–H and O–H groups in total.